The quantitative estimate of drug-likeness (QED) is 0.667. The zero-order valence-corrected chi connectivity index (χ0v) is 10.1. The Kier molecular flexibility index (Phi) is 5.49. The Bertz CT molecular complexity index is 135. The number of hydrogen-bond donors (Lipinski definition) is 0. The molecule has 2 heteroatoms. The smallest absolute Gasteiger partial charge is 0.00163 e. The molecule has 14 heavy (non-hydrogen) atoms. The van der Waals surface area contributed by atoms with Crippen molar-refractivity contribution in [3.8, 4) is 0 Å². The van der Waals surface area contributed by atoms with E-state index in [2.05, 4.69) is 30.7 Å². The topological polar surface area (TPSA) is 6.48 Å². The van der Waals surface area contributed by atoms with Crippen LogP contribution in [0.4, 0.5) is 0 Å². The van der Waals surface area contributed by atoms with Gasteiger partial charge in [0, 0.05) is 0 Å². The van der Waals surface area contributed by atoms with E-state index in [4.69, 9.17) is 0 Å². The summed E-state index contributed by atoms with van der Waals surface area (Å²) >= 11 is 0. The van der Waals surface area contributed by atoms with E-state index >= 15 is 0 Å². The van der Waals surface area contributed by atoms with Crippen LogP contribution < -0.4 is 0 Å². The molecule has 1 rings (SSSR count). The van der Waals surface area contributed by atoms with Crippen LogP contribution in [0.3, 0.4) is 0 Å². The van der Waals surface area contributed by atoms with Crippen LogP contribution in [0.25, 0.3) is 0 Å². The van der Waals surface area contributed by atoms with Gasteiger partial charge in [0.25, 0.3) is 0 Å². The van der Waals surface area contributed by atoms with Gasteiger partial charge in [0.1, 0.15) is 0 Å². The number of likely N-dealkylation sites (tertiary alicyclic amines) is 1. The van der Waals surface area contributed by atoms with Crippen molar-refractivity contribution >= 4 is 0 Å². The van der Waals surface area contributed by atoms with E-state index in [1.807, 2.05) is 0 Å². The van der Waals surface area contributed by atoms with Gasteiger partial charge in [0.15, 0.2) is 0 Å². The van der Waals surface area contributed by atoms with Crippen molar-refractivity contribution in [3.63, 3.8) is 0 Å². The summed E-state index contributed by atoms with van der Waals surface area (Å²) < 4.78 is 0. The third-order valence-electron chi connectivity index (χ3n) is 3.59. The zero-order valence-electron chi connectivity index (χ0n) is 10.1. The van der Waals surface area contributed by atoms with Gasteiger partial charge in [-0.05, 0) is 65.0 Å². The highest BCUT2D eigenvalue weighted by molar-refractivity contribution is 4.71. The molecule has 0 aliphatic carbocycles. The maximum absolute atomic E-state index is 2.54. The lowest BCUT2D eigenvalue weighted by atomic mass is 9.93. The van der Waals surface area contributed by atoms with Crippen LogP contribution in [0.1, 0.15) is 33.1 Å². The molecular weight excluding hydrogens is 172 g/mol. The molecule has 0 atom stereocenters. The molecule has 1 aliphatic rings. The fourth-order valence-corrected chi connectivity index (χ4v) is 2.26. The molecule has 0 aromatic carbocycles. The predicted octanol–water partition coefficient (Wildman–Crippen LogP) is 2.06. The predicted molar refractivity (Wildman–Crippen MR) is 62.6 cm³/mol. The fraction of sp³-hybridized carbons (Fsp3) is 1.00. The molecule has 0 amide bonds. The molecule has 0 radical (unpaired) electrons. The van der Waals surface area contributed by atoms with E-state index < -0.39 is 0 Å². The average Bonchev–Trinajstić information content (AvgIpc) is 2.22. The van der Waals surface area contributed by atoms with Crippen LogP contribution >= 0.6 is 0 Å². The Balaban J connectivity index is 2.12. The van der Waals surface area contributed by atoms with E-state index in [-0.39, 0.29) is 0 Å². The number of nitrogens with zero attached hydrogens (tertiary/aromatic N) is 2. The third kappa shape index (κ3) is 3.97. The number of hydrogen-bond acceptors (Lipinski definition) is 2. The SMILES string of the molecule is CCN(CC)CCC1CCN(C)CC1. The van der Waals surface area contributed by atoms with Crippen molar-refractivity contribution in [1.82, 2.24) is 9.80 Å². The molecule has 0 saturated carbocycles. The summed E-state index contributed by atoms with van der Waals surface area (Å²) in [5.41, 5.74) is 0. The summed E-state index contributed by atoms with van der Waals surface area (Å²) in [7, 11) is 2.24. The van der Waals surface area contributed by atoms with Gasteiger partial charge in [-0.25, -0.2) is 0 Å². The Morgan fingerprint density at radius 1 is 1.14 bits per heavy atom. The van der Waals surface area contributed by atoms with Crippen LogP contribution in [-0.4, -0.2) is 49.6 Å². The van der Waals surface area contributed by atoms with Gasteiger partial charge in [0.2, 0.25) is 0 Å². The second-order valence-corrected chi connectivity index (χ2v) is 4.56. The molecule has 0 aromatic heterocycles. The van der Waals surface area contributed by atoms with Gasteiger partial charge in [-0.2, -0.15) is 0 Å². The lowest BCUT2D eigenvalue weighted by molar-refractivity contribution is 0.191. The summed E-state index contributed by atoms with van der Waals surface area (Å²) in [6.45, 7) is 10.9. The molecule has 1 heterocycles. The molecule has 2 nitrogen and oxygen atoms in total. The standard InChI is InChI=1S/C12H26N2/c1-4-14(5-2)11-8-12-6-9-13(3)10-7-12/h12H,4-11H2,1-3H3. The Morgan fingerprint density at radius 2 is 1.71 bits per heavy atom. The minimum atomic E-state index is 0.992. The van der Waals surface area contributed by atoms with Crippen molar-refractivity contribution < 1.29 is 0 Å². The fourth-order valence-electron chi connectivity index (χ4n) is 2.26. The summed E-state index contributed by atoms with van der Waals surface area (Å²) in [5.74, 6) is 0.992. The molecule has 0 bridgehead atoms. The molecule has 1 saturated heterocycles. The first-order chi connectivity index (χ1) is 6.76. The highest BCUT2D eigenvalue weighted by atomic mass is 15.1. The second-order valence-electron chi connectivity index (χ2n) is 4.56. The van der Waals surface area contributed by atoms with Crippen molar-refractivity contribution in [2.24, 2.45) is 5.92 Å². The highest BCUT2D eigenvalue weighted by Gasteiger charge is 2.16. The molecule has 0 unspecified atom stereocenters. The van der Waals surface area contributed by atoms with Gasteiger partial charge in [-0.3, -0.25) is 0 Å². The van der Waals surface area contributed by atoms with E-state index in [0.717, 1.165) is 5.92 Å². The lowest BCUT2D eigenvalue weighted by Crippen LogP contribution is -2.32. The van der Waals surface area contributed by atoms with E-state index in [1.165, 1.54) is 52.0 Å². The van der Waals surface area contributed by atoms with Crippen LogP contribution in [-0.2, 0) is 0 Å². The third-order valence-corrected chi connectivity index (χ3v) is 3.59. The molecular formula is C12H26N2. The van der Waals surface area contributed by atoms with Gasteiger partial charge in [-0.1, -0.05) is 13.8 Å². The minimum Gasteiger partial charge on any atom is -0.306 e. The largest absolute Gasteiger partial charge is 0.306 e. The number of rotatable bonds is 5. The summed E-state index contributed by atoms with van der Waals surface area (Å²) in [4.78, 5) is 4.99. The van der Waals surface area contributed by atoms with Gasteiger partial charge >= 0.3 is 0 Å². The molecule has 0 aromatic rings. The van der Waals surface area contributed by atoms with Crippen molar-refractivity contribution in [2.75, 3.05) is 39.8 Å². The molecule has 84 valence electrons. The Morgan fingerprint density at radius 3 is 2.21 bits per heavy atom. The first-order valence-corrected chi connectivity index (χ1v) is 6.17. The van der Waals surface area contributed by atoms with Crippen LogP contribution in [0.2, 0.25) is 0 Å². The van der Waals surface area contributed by atoms with E-state index in [1.54, 1.807) is 0 Å². The van der Waals surface area contributed by atoms with Crippen LogP contribution in [0, 0.1) is 5.92 Å². The Labute approximate surface area is 89.3 Å². The van der Waals surface area contributed by atoms with Crippen LogP contribution in [0.5, 0.6) is 0 Å². The summed E-state index contributed by atoms with van der Waals surface area (Å²) in [6.07, 6.45) is 4.24. The molecule has 1 fully saturated rings. The monoisotopic (exact) mass is 198 g/mol. The first-order valence-electron chi connectivity index (χ1n) is 6.17. The van der Waals surface area contributed by atoms with Crippen LogP contribution in [0.15, 0.2) is 0 Å². The molecule has 0 spiro atoms. The first kappa shape index (κ1) is 12.0. The van der Waals surface area contributed by atoms with Gasteiger partial charge in [0.05, 0.1) is 0 Å². The normalized spacial score (nSPS) is 20.6. The van der Waals surface area contributed by atoms with Crippen molar-refractivity contribution in [1.29, 1.82) is 0 Å². The van der Waals surface area contributed by atoms with Crippen molar-refractivity contribution in [3.05, 3.63) is 0 Å². The second kappa shape index (κ2) is 6.41. The highest BCUT2D eigenvalue weighted by Crippen LogP contribution is 2.19. The number of piperidine rings is 1. The summed E-state index contributed by atoms with van der Waals surface area (Å²) in [6, 6.07) is 0. The van der Waals surface area contributed by atoms with Gasteiger partial charge in [-0.15, -0.1) is 0 Å². The van der Waals surface area contributed by atoms with Crippen molar-refractivity contribution in [2.45, 2.75) is 33.1 Å². The lowest BCUT2D eigenvalue weighted by Gasteiger charge is -2.30. The maximum atomic E-state index is 2.54. The van der Waals surface area contributed by atoms with E-state index in [0.29, 0.717) is 0 Å². The maximum Gasteiger partial charge on any atom is -0.00163 e. The molecule has 1 aliphatic heterocycles. The average molecular weight is 198 g/mol. The van der Waals surface area contributed by atoms with E-state index in [9.17, 15) is 0 Å². The van der Waals surface area contributed by atoms with Gasteiger partial charge < -0.3 is 9.80 Å². The summed E-state index contributed by atoms with van der Waals surface area (Å²) in [5, 5.41) is 0. The zero-order chi connectivity index (χ0) is 10.4. The minimum absolute atomic E-state index is 0.992. The Hall–Kier alpha value is -0.0800. The molecule has 0 N–H and O–H groups in total.